The smallest absolute Gasteiger partial charge is 0.151 e. The van der Waals surface area contributed by atoms with Crippen LogP contribution in [0.1, 0.15) is 0 Å². The summed E-state index contributed by atoms with van der Waals surface area (Å²) in [6.45, 7) is -0.760. The molecule has 0 saturated heterocycles. The van der Waals surface area contributed by atoms with E-state index in [1.165, 1.54) is 0 Å². The Hall–Kier alpha value is -0.530. The molecule has 0 aliphatic heterocycles. The quantitative estimate of drug-likeness (QED) is 0.223. The third-order valence-electron chi connectivity index (χ3n) is 1.42. The molecule has 0 rings (SSSR count). The molecule has 0 aliphatic carbocycles. The zero-order chi connectivity index (χ0) is 9.72. The van der Waals surface area contributed by atoms with E-state index in [4.69, 9.17) is 25.5 Å². The van der Waals surface area contributed by atoms with E-state index in [1.807, 2.05) is 0 Å². The maximum Gasteiger partial charge on any atom is 0.151 e. The number of aliphatic hydroxyl groups is 5. The molecule has 0 radical (unpaired) electrons. The molecule has 6 nitrogen and oxygen atoms in total. The standard InChI is InChI=1S/C6H12O6/c7-1-3(9)5(11)6(12)4(10)2-8/h1,3-6,8-12H,2H2/t3-,4+,5-,6-/m0/s1/i1+1. The Kier molecular flexibility index (Phi) is 4.95. The summed E-state index contributed by atoms with van der Waals surface area (Å²) in [5.74, 6) is 0. The van der Waals surface area contributed by atoms with Gasteiger partial charge in [0.1, 0.15) is 24.4 Å². The molecule has 0 spiro atoms. The predicted octanol–water partition coefficient (Wildman–Crippen LogP) is -3.38. The highest BCUT2D eigenvalue weighted by molar-refractivity contribution is 5.56. The van der Waals surface area contributed by atoms with Crippen molar-refractivity contribution in [2.75, 3.05) is 6.61 Å². The fourth-order valence-corrected chi connectivity index (χ4v) is 0.618. The Morgan fingerprint density at radius 1 is 1.08 bits per heavy atom. The van der Waals surface area contributed by atoms with E-state index >= 15 is 0 Å². The van der Waals surface area contributed by atoms with Crippen molar-refractivity contribution in [3.63, 3.8) is 0 Å². The van der Waals surface area contributed by atoms with Crippen LogP contribution >= 0.6 is 0 Å². The summed E-state index contributed by atoms with van der Waals surface area (Å²) < 4.78 is 0. The molecule has 0 aromatic rings. The molecule has 0 heterocycles. The zero-order valence-corrected chi connectivity index (χ0v) is 6.24. The van der Waals surface area contributed by atoms with E-state index < -0.39 is 31.0 Å². The second-order valence-electron chi connectivity index (χ2n) is 2.36. The van der Waals surface area contributed by atoms with Crippen molar-refractivity contribution in [3.8, 4) is 0 Å². The van der Waals surface area contributed by atoms with E-state index in [1.54, 1.807) is 0 Å². The molecule has 4 atom stereocenters. The van der Waals surface area contributed by atoms with Gasteiger partial charge in [0.2, 0.25) is 0 Å². The maximum absolute atomic E-state index is 9.90. The Bertz CT molecular complexity index is 138. The van der Waals surface area contributed by atoms with Gasteiger partial charge in [0, 0.05) is 0 Å². The van der Waals surface area contributed by atoms with Crippen LogP contribution < -0.4 is 0 Å². The highest BCUT2D eigenvalue weighted by Gasteiger charge is 2.29. The minimum atomic E-state index is -1.79. The molecule has 0 aromatic carbocycles. The Morgan fingerprint density at radius 3 is 1.92 bits per heavy atom. The highest BCUT2D eigenvalue weighted by atomic mass is 16.4. The van der Waals surface area contributed by atoms with E-state index in [0.29, 0.717) is 0 Å². The number of hydrogen-bond acceptors (Lipinski definition) is 6. The number of hydrogen-bond donors (Lipinski definition) is 5. The third-order valence-corrected chi connectivity index (χ3v) is 1.42. The summed E-state index contributed by atoms with van der Waals surface area (Å²) in [7, 11) is 0. The van der Waals surface area contributed by atoms with E-state index in [2.05, 4.69) is 0 Å². The van der Waals surface area contributed by atoms with E-state index in [9.17, 15) is 4.79 Å². The van der Waals surface area contributed by atoms with Gasteiger partial charge in [0.25, 0.3) is 0 Å². The zero-order valence-electron chi connectivity index (χ0n) is 6.24. The largest absolute Gasteiger partial charge is 0.394 e. The number of aldehydes is 1. The van der Waals surface area contributed by atoms with Crippen molar-refractivity contribution >= 4 is 6.29 Å². The molecule has 5 N–H and O–H groups in total. The summed E-state index contributed by atoms with van der Waals surface area (Å²) in [6.07, 6.45) is -6.84. The summed E-state index contributed by atoms with van der Waals surface area (Å²) in [5.41, 5.74) is 0. The topological polar surface area (TPSA) is 118 Å². The minimum Gasteiger partial charge on any atom is -0.394 e. The molecule has 12 heavy (non-hydrogen) atoms. The van der Waals surface area contributed by atoms with Crippen LogP contribution in [-0.2, 0) is 4.79 Å². The van der Waals surface area contributed by atoms with Crippen molar-refractivity contribution in [2.24, 2.45) is 0 Å². The fourth-order valence-electron chi connectivity index (χ4n) is 0.618. The van der Waals surface area contributed by atoms with Gasteiger partial charge in [-0.1, -0.05) is 0 Å². The van der Waals surface area contributed by atoms with Gasteiger partial charge in [-0.3, -0.25) is 0 Å². The van der Waals surface area contributed by atoms with Crippen molar-refractivity contribution in [1.29, 1.82) is 0 Å². The molecular weight excluding hydrogens is 169 g/mol. The van der Waals surface area contributed by atoms with Crippen LogP contribution in [0.15, 0.2) is 0 Å². The number of rotatable bonds is 5. The average Bonchev–Trinajstić information content (AvgIpc) is 2.12. The first-order valence-electron chi connectivity index (χ1n) is 3.33. The van der Waals surface area contributed by atoms with Gasteiger partial charge in [-0.25, -0.2) is 0 Å². The molecule has 0 bridgehead atoms. The molecule has 6 heteroatoms. The van der Waals surface area contributed by atoms with Crippen molar-refractivity contribution in [3.05, 3.63) is 0 Å². The van der Waals surface area contributed by atoms with Crippen LogP contribution in [0.5, 0.6) is 0 Å². The van der Waals surface area contributed by atoms with Gasteiger partial charge in [-0.2, -0.15) is 0 Å². The number of carbonyl (C=O) groups is 1. The van der Waals surface area contributed by atoms with Crippen LogP contribution in [-0.4, -0.2) is 62.8 Å². The van der Waals surface area contributed by atoms with Crippen molar-refractivity contribution in [2.45, 2.75) is 24.4 Å². The second-order valence-corrected chi connectivity index (χ2v) is 2.36. The van der Waals surface area contributed by atoms with Crippen molar-refractivity contribution < 1.29 is 30.3 Å². The third kappa shape index (κ3) is 2.84. The molecule has 0 amide bonds. The lowest BCUT2D eigenvalue weighted by atomic mass is 10.1. The Labute approximate surface area is 68.7 Å². The van der Waals surface area contributed by atoms with E-state index in [-0.39, 0.29) is 6.29 Å². The normalized spacial score (nSPS) is 21.1. The summed E-state index contributed by atoms with van der Waals surface area (Å²) >= 11 is 0. The van der Waals surface area contributed by atoms with Crippen LogP contribution in [0.25, 0.3) is 0 Å². The van der Waals surface area contributed by atoms with Gasteiger partial charge in [-0.05, 0) is 0 Å². The fraction of sp³-hybridized carbons (Fsp3) is 0.833. The predicted molar refractivity (Wildman–Crippen MR) is 37.2 cm³/mol. The molecule has 0 fully saturated rings. The highest BCUT2D eigenvalue weighted by Crippen LogP contribution is 2.02. The first-order valence-corrected chi connectivity index (χ1v) is 3.33. The van der Waals surface area contributed by atoms with Gasteiger partial charge >= 0.3 is 0 Å². The molecule has 0 aliphatic rings. The average molecular weight is 181 g/mol. The second kappa shape index (κ2) is 5.18. The summed E-state index contributed by atoms with van der Waals surface area (Å²) in [5, 5.41) is 43.5. The van der Waals surface area contributed by atoms with Crippen LogP contribution in [0.4, 0.5) is 0 Å². The van der Waals surface area contributed by atoms with Gasteiger partial charge in [0.15, 0.2) is 6.29 Å². The van der Waals surface area contributed by atoms with Crippen LogP contribution in [0, 0.1) is 0 Å². The SMILES string of the molecule is O=[13CH][C@H](O)[C@H](O)[C@@H](O)[C@H](O)CO. The number of carbonyl (C=O) groups excluding carboxylic acids is 1. The Balaban J connectivity index is 4.07. The molecule has 0 unspecified atom stereocenters. The molecular formula is C6H12O6. The molecule has 0 saturated carbocycles. The summed E-state index contributed by atoms with van der Waals surface area (Å²) in [4.78, 5) is 9.90. The number of aliphatic hydroxyl groups excluding tert-OH is 5. The van der Waals surface area contributed by atoms with Gasteiger partial charge in [0.05, 0.1) is 6.61 Å². The first-order chi connectivity index (χ1) is 5.54. The molecule has 0 aromatic heterocycles. The monoisotopic (exact) mass is 181 g/mol. The van der Waals surface area contributed by atoms with Crippen LogP contribution in [0.3, 0.4) is 0 Å². The Morgan fingerprint density at radius 2 is 1.58 bits per heavy atom. The van der Waals surface area contributed by atoms with Crippen LogP contribution in [0.2, 0.25) is 0 Å². The molecule has 72 valence electrons. The van der Waals surface area contributed by atoms with Crippen molar-refractivity contribution in [1.82, 2.24) is 0 Å². The first kappa shape index (κ1) is 11.5. The maximum atomic E-state index is 9.90. The lowest BCUT2D eigenvalue weighted by molar-refractivity contribution is -0.136. The lowest BCUT2D eigenvalue weighted by Crippen LogP contribution is -2.46. The van der Waals surface area contributed by atoms with E-state index in [0.717, 1.165) is 0 Å². The minimum absolute atomic E-state index is 0.0258. The van der Waals surface area contributed by atoms with Gasteiger partial charge in [-0.15, -0.1) is 0 Å². The lowest BCUT2D eigenvalue weighted by Gasteiger charge is -2.22. The van der Waals surface area contributed by atoms with Gasteiger partial charge < -0.3 is 30.3 Å². The summed E-state index contributed by atoms with van der Waals surface area (Å²) in [6, 6.07) is 0.